The fourth-order valence-electron chi connectivity index (χ4n) is 1.16. The number of hydrogen-bond acceptors (Lipinski definition) is 0. The van der Waals surface area contributed by atoms with E-state index in [0.717, 1.165) is 6.42 Å². The molecule has 1 aromatic carbocycles. The Balaban J connectivity index is 0.000000423. The van der Waals surface area contributed by atoms with Crippen molar-refractivity contribution < 1.29 is 0 Å². The molecule has 0 unspecified atom stereocenters. The fourth-order valence-corrected chi connectivity index (χ4v) is 1.16. The summed E-state index contributed by atoms with van der Waals surface area (Å²) >= 11 is 0. The first-order chi connectivity index (χ1) is 6.99. The van der Waals surface area contributed by atoms with Crippen LogP contribution in [0.1, 0.15) is 38.3 Å². The van der Waals surface area contributed by atoms with Crippen LogP contribution in [-0.4, -0.2) is 0 Å². The van der Waals surface area contributed by atoms with Gasteiger partial charge in [0, 0.05) is 0 Å². The molecule has 0 radical (unpaired) electrons. The molecule has 82 valence electrons. The van der Waals surface area contributed by atoms with E-state index in [1.165, 1.54) is 22.3 Å². The van der Waals surface area contributed by atoms with Crippen LogP contribution < -0.4 is 0 Å². The second kappa shape index (κ2) is 7.05. The van der Waals surface area contributed by atoms with Crippen molar-refractivity contribution >= 4 is 5.57 Å². The Morgan fingerprint density at radius 1 is 1.13 bits per heavy atom. The fraction of sp³-hybridized carbons (Fsp3) is 0.333. The molecule has 0 aliphatic rings. The number of aryl methyl sites for hydroxylation is 1. The molecule has 15 heavy (non-hydrogen) atoms. The summed E-state index contributed by atoms with van der Waals surface area (Å²) in [5.41, 5.74) is 5.01. The molecule has 0 bridgehead atoms. The van der Waals surface area contributed by atoms with Gasteiger partial charge in [0.15, 0.2) is 0 Å². The predicted molar refractivity (Wildman–Crippen MR) is 71.0 cm³/mol. The van der Waals surface area contributed by atoms with Crippen LogP contribution in [0.25, 0.3) is 5.57 Å². The normalized spacial score (nSPS) is 8.80. The number of benzene rings is 1. The van der Waals surface area contributed by atoms with Gasteiger partial charge in [-0.1, -0.05) is 43.3 Å². The van der Waals surface area contributed by atoms with Gasteiger partial charge in [-0.3, -0.25) is 0 Å². The van der Waals surface area contributed by atoms with Gasteiger partial charge in [-0.05, 0) is 43.9 Å². The zero-order valence-corrected chi connectivity index (χ0v) is 10.4. The van der Waals surface area contributed by atoms with Gasteiger partial charge < -0.3 is 0 Å². The highest BCUT2D eigenvalue weighted by atomic mass is 14.0. The van der Waals surface area contributed by atoms with Crippen molar-refractivity contribution in [2.24, 2.45) is 0 Å². The Bertz CT molecular complexity index is 328. The van der Waals surface area contributed by atoms with Crippen LogP contribution in [-0.2, 0) is 0 Å². The molecule has 0 amide bonds. The summed E-state index contributed by atoms with van der Waals surface area (Å²) < 4.78 is 0. The van der Waals surface area contributed by atoms with E-state index in [1.807, 2.05) is 13.8 Å². The highest BCUT2D eigenvalue weighted by Gasteiger charge is 1.97. The Morgan fingerprint density at radius 3 is 2.00 bits per heavy atom. The topological polar surface area (TPSA) is 0 Å². The van der Waals surface area contributed by atoms with Crippen LogP contribution in [0.5, 0.6) is 0 Å². The molecule has 0 heterocycles. The summed E-state index contributed by atoms with van der Waals surface area (Å²) in [4.78, 5) is 0. The third kappa shape index (κ3) is 5.90. The van der Waals surface area contributed by atoms with Gasteiger partial charge in [-0.15, -0.1) is 6.58 Å². The Labute approximate surface area is 94.3 Å². The molecule has 0 spiro atoms. The standard InChI is InChI=1S/C11H14.C4H8/c1-4-9(2)11-8-6-5-7-10(11)3;1-4(2)3/h5-8H,2,4H2,1,3H3;1H2,2-3H3. The summed E-state index contributed by atoms with van der Waals surface area (Å²) in [5, 5.41) is 0. The number of allylic oxidation sites excluding steroid dienone is 2. The van der Waals surface area contributed by atoms with Crippen LogP contribution >= 0.6 is 0 Å². The molecular weight excluding hydrogens is 180 g/mol. The van der Waals surface area contributed by atoms with Crippen molar-refractivity contribution in [1.82, 2.24) is 0 Å². The van der Waals surface area contributed by atoms with Crippen LogP contribution in [0, 0.1) is 6.92 Å². The summed E-state index contributed by atoms with van der Waals surface area (Å²) in [7, 11) is 0. The number of rotatable bonds is 2. The maximum Gasteiger partial charge on any atom is -0.0201 e. The average Bonchev–Trinajstić information content (AvgIpc) is 2.16. The summed E-state index contributed by atoms with van der Waals surface area (Å²) in [6, 6.07) is 8.36. The van der Waals surface area contributed by atoms with Crippen LogP contribution in [0.15, 0.2) is 43.0 Å². The third-order valence-electron chi connectivity index (χ3n) is 1.95. The monoisotopic (exact) mass is 202 g/mol. The van der Waals surface area contributed by atoms with Crippen molar-refractivity contribution in [3.63, 3.8) is 0 Å². The van der Waals surface area contributed by atoms with Gasteiger partial charge in [0.05, 0.1) is 0 Å². The summed E-state index contributed by atoms with van der Waals surface area (Å²) in [5.74, 6) is 0. The van der Waals surface area contributed by atoms with E-state index >= 15 is 0 Å². The molecule has 0 aliphatic heterocycles. The average molecular weight is 202 g/mol. The Hall–Kier alpha value is -1.30. The third-order valence-corrected chi connectivity index (χ3v) is 1.95. The summed E-state index contributed by atoms with van der Waals surface area (Å²) in [6.45, 7) is 15.8. The first kappa shape index (κ1) is 13.7. The van der Waals surface area contributed by atoms with E-state index in [9.17, 15) is 0 Å². The molecule has 0 fully saturated rings. The van der Waals surface area contributed by atoms with E-state index in [0.29, 0.717) is 0 Å². The summed E-state index contributed by atoms with van der Waals surface area (Å²) in [6.07, 6.45) is 1.03. The Morgan fingerprint density at radius 2 is 1.60 bits per heavy atom. The lowest BCUT2D eigenvalue weighted by molar-refractivity contribution is 1.23. The molecule has 0 atom stereocenters. The molecule has 0 heteroatoms. The second-order valence-corrected chi connectivity index (χ2v) is 3.98. The minimum atomic E-state index is 1.03. The molecule has 0 saturated heterocycles. The lowest BCUT2D eigenvalue weighted by Gasteiger charge is -2.05. The van der Waals surface area contributed by atoms with Gasteiger partial charge in [-0.25, -0.2) is 0 Å². The zero-order chi connectivity index (χ0) is 11.8. The lowest BCUT2D eigenvalue weighted by atomic mass is 10.0. The maximum atomic E-state index is 4.00. The maximum absolute atomic E-state index is 4.00. The SMILES string of the molecule is C=C(C)C.C=C(CC)c1ccccc1C. The quantitative estimate of drug-likeness (QED) is 0.592. The highest BCUT2D eigenvalue weighted by Crippen LogP contribution is 2.18. The van der Waals surface area contributed by atoms with Gasteiger partial charge >= 0.3 is 0 Å². The Kier molecular flexibility index (Phi) is 6.44. The van der Waals surface area contributed by atoms with Gasteiger partial charge in [0.25, 0.3) is 0 Å². The molecule has 1 rings (SSSR count). The zero-order valence-electron chi connectivity index (χ0n) is 10.4. The first-order valence-electron chi connectivity index (χ1n) is 5.35. The van der Waals surface area contributed by atoms with Crippen molar-refractivity contribution in [2.75, 3.05) is 0 Å². The van der Waals surface area contributed by atoms with Gasteiger partial charge in [0.2, 0.25) is 0 Å². The largest absolute Gasteiger partial charge is 0.100 e. The van der Waals surface area contributed by atoms with E-state index < -0.39 is 0 Å². The molecular formula is C15H22. The highest BCUT2D eigenvalue weighted by molar-refractivity contribution is 5.65. The molecule has 0 aliphatic carbocycles. The molecule has 0 N–H and O–H groups in total. The van der Waals surface area contributed by atoms with Crippen LogP contribution in [0.4, 0.5) is 0 Å². The molecule has 0 saturated carbocycles. The lowest BCUT2D eigenvalue weighted by Crippen LogP contribution is -1.84. The predicted octanol–water partition coefficient (Wildman–Crippen LogP) is 5.00. The van der Waals surface area contributed by atoms with Crippen LogP contribution in [0.2, 0.25) is 0 Å². The van der Waals surface area contributed by atoms with Crippen molar-refractivity contribution in [2.45, 2.75) is 34.1 Å². The molecule has 0 nitrogen and oxygen atoms in total. The van der Waals surface area contributed by atoms with E-state index in [-0.39, 0.29) is 0 Å². The minimum absolute atomic E-state index is 1.03. The number of hydrogen-bond donors (Lipinski definition) is 0. The van der Waals surface area contributed by atoms with E-state index in [4.69, 9.17) is 0 Å². The minimum Gasteiger partial charge on any atom is -0.100 e. The van der Waals surface area contributed by atoms with Crippen molar-refractivity contribution in [3.05, 3.63) is 54.1 Å². The van der Waals surface area contributed by atoms with Crippen LogP contribution in [0.3, 0.4) is 0 Å². The molecule has 0 aromatic heterocycles. The van der Waals surface area contributed by atoms with E-state index in [1.54, 1.807) is 0 Å². The van der Waals surface area contributed by atoms with Gasteiger partial charge in [0.1, 0.15) is 0 Å². The van der Waals surface area contributed by atoms with Crippen molar-refractivity contribution in [1.29, 1.82) is 0 Å². The second-order valence-electron chi connectivity index (χ2n) is 3.98. The van der Waals surface area contributed by atoms with Gasteiger partial charge in [-0.2, -0.15) is 0 Å². The first-order valence-corrected chi connectivity index (χ1v) is 5.35. The van der Waals surface area contributed by atoms with E-state index in [2.05, 4.69) is 51.3 Å². The smallest absolute Gasteiger partial charge is 0.0201 e. The van der Waals surface area contributed by atoms with Crippen molar-refractivity contribution in [3.8, 4) is 0 Å². The molecule has 1 aromatic rings.